The Morgan fingerprint density at radius 3 is 2.43 bits per heavy atom. The summed E-state index contributed by atoms with van der Waals surface area (Å²) < 4.78 is 48.4. The summed E-state index contributed by atoms with van der Waals surface area (Å²) in [6.07, 6.45) is -4.82. The number of fused-ring (bicyclic) bond motifs is 1. The molecule has 3 aromatic rings. The quantitative estimate of drug-likeness (QED) is 0.565. The molecule has 0 aliphatic carbocycles. The molecule has 1 aliphatic heterocycles. The first kappa shape index (κ1) is 20.1. The van der Waals surface area contributed by atoms with Crippen molar-refractivity contribution in [3.8, 4) is 17.6 Å². The highest BCUT2D eigenvalue weighted by atomic mass is 35.5. The van der Waals surface area contributed by atoms with Gasteiger partial charge in [0.2, 0.25) is 11.8 Å². The number of nitrogens with zero attached hydrogens (tertiary/aromatic N) is 3. The van der Waals surface area contributed by atoms with Crippen molar-refractivity contribution in [2.75, 3.05) is 0 Å². The molecule has 1 aliphatic rings. The van der Waals surface area contributed by atoms with Crippen molar-refractivity contribution in [1.82, 2.24) is 9.78 Å². The zero-order chi connectivity index (χ0) is 21.6. The highest BCUT2D eigenvalue weighted by molar-refractivity contribution is 6.35. The predicted molar refractivity (Wildman–Crippen MR) is 104 cm³/mol. The zero-order valence-electron chi connectivity index (χ0n) is 14.9. The van der Waals surface area contributed by atoms with Gasteiger partial charge in [0.15, 0.2) is 5.69 Å². The van der Waals surface area contributed by atoms with Gasteiger partial charge in [-0.05, 0) is 29.8 Å². The van der Waals surface area contributed by atoms with Crippen LogP contribution in [0, 0.1) is 11.3 Å². The Kier molecular flexibility index (Phi) is 4.88. The lowest BCUT2D eigenvalue weighted by Crippen LogP contribution is -2.23. The summed E-state index contributed by atoms with van der Waals surface area (Å²) in [7, 11) is 0. The van der Waals surface area contributed by atoms with Gasteiger partial charge < -0.3 is 10.5 Å². The summed E-state index contributed by atoms with van der Waals surface area (Å²) in [5, 5.41) is 13.8. The minimum atomic E-state index is -4.82. The second-order valence-electron chi connectivity index (χ2n) is 6.40. The number of benzene rings is 2. The molecule has 0 unspecified atom stereocenters. The number of para-hydroxylation sites is 1. The van der Waals surface area contributed by atoms with E-state index < -0.39 is 17.8 Å². The number of aromatic nitrogens is 2. The Morgan fingerprint density at radius 1 is 1.13 bits per heavy atom. The van der Waals surface area contributed by atoms with Crippen molar-refractivity contribution in [2.24, 2.45) is 5.73 Å². The summed E-state index contributed by atoms with van der Waals surface area (Å²) in [6, 6.07) is 14.3. The Hall–Kier alpha value is -3.15. The highest BCUT2D eigenvalue weighted by Gasteiger charge is 2.46. The van der Waals surface area contributed by atoms with E-state index in [0.717, 1.165) is 4.68 Å². The summed E-state index contributed by atoms with van der Waals surface area (Å²) >= 11 is 12.2. The van der Waals surface area contributed by atoms with Crippen LogP contribution in [0.15, 0.2) is 60.0 Å². The molecule has 5 nitrogen and oxygen atoms in total. The molecule has 4 rings (SSSR count). The van der Waals surface area contributed by atoms with Crippen molar-refractivity contribution in [2.45, 2.75) is 12.1 Å². The number of hydrogen-bond acceptors (Lipinski definition) is 4. The fourth-order valence-electron chi connectivity index (χ4n) is 3.34. The monoisotopic (exact) mass is 450 g/mol. The molecular formula is C20H11Cl2F3N4O. The molecular weight excluding hydrogens is 440 g/mol. The van der Waals surface area contributed by atoms with E-state index in [4.69, 9.17) is 33.7 Å². The van der Waals surface area contributed by atoms with Gasteiger partial charge in [-0.1, -0.05) is 47.5 Å². The number of alkyl halides is 3. The fourth-order valence-corrected chi connectivity index (χ4v) is 3.86. The maximum Gasteiger partial charge on any atom is 0.435 e. The topological polar surface area (TPSA) is 76.9 Å². The third-order valence-electron chi connectivity index (χ3n) is 4.59. The molecule has 152 valence electrons. The van der Waals surface area contributed by atoms with Gasteiger partial charge in [-0.15, -0.1) is 0 Å². The average Bonchev–Trinajstić information content (AvgIpc) is 3.07. The molecule has 2 N–H and O–H groups in total. The van der Waals surface area contributed by atoms with Crippen LogP contribution in [0.3, 0.4) is 0 Å². The van der Waals surface area contributed by atoms with E-state index in [1.165, 1.54) is 18.2 Å². The largest absolute Gasteiger partial charge is 0.435 e. The van der Waals surface area contributed by atoms with Gasteiger partial charge in [0, 0.05) is 10.0 Å². The average molecular weight is 451 g/mol. The minimum Gasteiger partial charge on any atom is -0.422 e. The predicted octanol–water partition coefficient (Wildman–Crippen LogP) is 5.42. The molecule has 2 heterocycles. The van der Waals surface area contributed by atoms with Crippen LogP contribution in [-0.2, 0) is 6.18 Å². The van der Waals surface area contributed by atoms with E-state index in [1.807, 2.05) is 6.07 Å². The summed E-state index contributed by atoms with van der Waals surface area (Å²) in [5.41, 5.74) is 4.73. The molecule has 30 heavy (non-hydrogen) atoms. The van der Waals surface area contributed by atoms with Crippen molar-refractivity contribution in [3.05, 3.63) is 86.9 Å². The maximum absolute atomic E-state index is 14.0. The lowest BCUT2D eigenvalue weighted by atomic mass is 9.84. The molecule has 0 saturated carbocycles. The molecule has 0 fully saturated rings. The SMILES string of the molecule is N#CC1=C(N)Oc2c(c(C(F)(F)F)nn2-c2ccccc2)[C@@H]1c1ccc(Cl)cc1Cl. The first-order valence-electron chi connectivity index (χ1n) is 8.50. The fraction of sp³-hybridized carbons (Fsp3) is 0.100. The van der Waals surface area contributed by atoms with Crippen LogP contribution < -0.4 is 10.5 Å². The van der Waals surface area contributed by atoms with E-state index in [-0.39, 0.29) is 33.5 Å². The van der Waals surface area contributed by atoms with E-state index in [1.54, 1.807) is 30.3 Å². The number of hydrogen-bond donors (Lipinski definition) is 1. The van der Waals surface area contributed by atoms with Crippen molar-refractivity contribution in [3.63, 3.8) is 0 Å². The number of halogens is 5. The van der Waals surface area contributed by atoms with Crippen LogP contribution in [0.4, 0.5) is 13.2 Å². The van der Waals surface area contributed by atoms with Crippen LogP contribution in [0.5, 0.6) is 5.88 Å². The van der Waals surface area contributed by atoms with Crippen LogP contribution in [0.25, 0.3) is 5.69 Å². The standard InChI is InChI=1S/C20H11Cl2F3N4O/c21-10-6-7-12(14(22)8-10)15-13(9-26)18(27)30-19-16(15)17(20(23,24)25)28-29(19)11-4-2-1-3-5-11/h1-8,15H,27H2/t15-/m1/s1. The second kappa shape index (κ2) is 7.27. The first-order valence-corrected chi connectivity index (χ1v) is 9.26. The smallest absolute Gasteiger partial charge is 0.422 e. The van der Waals surface area contributed by atoms with E-state index in [2.05, 4.69) is 5.10 Å². The number of allylic oxidation sites excluding steroid dienone is 1. The molecule has 0 bridgehead atoms. The summed E-state index contributed by atoms with van der Waals surface area (Å²) in [6.45, 7) is 0. The first-order chi connectivity index (χ1) is 14.2. The molecule has 1 atom stereocenters. The van der Waals surface area contributed by atoms with Crippen molar-refractivity contribution < 1.29 is 17.9 Å². The second-order valence-corrected chi connectivity index (χ2v) is 7.25. The van der Waals surface area contributed by atoms with Gasteiger partial charge >= 0.3 is 6.18 Å². The van der Waals surface area contributed by atoms with Crippen molar-refractivity contribution >= 4 is 23.2 Å². The van der Waals surface area contributed by atoms with Crippen LogP contribution in [-0.4, -0.2) is 9.78 Å². The Balaban J connectivity index is 2.07. The Bertz CT molecular complexity index is 1210. The third kappa shape index (κ3) is 3.26. The number of ether oxygens (including phenoxy) is 1. The van der Waals surface area contributed by atoms with Gasteiger partial charge in [0.1, 0.15) is 11.6 Å². The number of nitrogens with two attached hydrogens (primary N) is 1. The van der Waals surface area contributed by atoms with Gasteiger partial charge in [-0.25, -0.2) is 0 Å². The normalized spacial score (nSPS) is 16.1. The molecule has 0 amide bonds. The van der Waals surface area contributed by atoms with Crippen LogP contribution in [0.1, 0.15) is 22.7 Å². The molecule has 0 saturated heterocycles. The van der Waals surface area contributed by atoms with Crippen LogP contribution in [0.2, 0.25) is 10.0 Å². The molecule has 0 radical (unpaired) electrons. The Labute approximate surface area is 178 Å². The lowest BCUT2D eigenvalue weighted by Gasteiger charge is -2.26. The van der Waals surface area contributed by atoms with Crippen molar-refractivity contribution in [1.29, 1.82) is 5.26 Å². The van der Waals surface area contributed by atoms with Gasteiger partial charge in [-0.2, -0.15) is 28.2 Å². The van der Waals surface area contributed by atoms with Gasteiger partial charge in [0.05, 0.1) is 17.2 Å². The molecule has 1 aromatic heterocycles. The zero-order valence-corrected chi connectivity index (χ0v) is 16.4. The van der Waals surface area contributed by atoms with E-state index in [9.17, 15) is 18.4 Å². The van der Waals surface area contributed by atoms with Gasteiger partial charge in [-0.3, -0.25) is 0 Å². The van der Waals surface area contributed by atoms with E-state index >= 15 is 0 Å². The molecule has 10 heteroatoms. The summed E-state index contributed by atoms with van der Waals surface area (Å²) in [4.78, 5) is 0. The van der Waals surface area contributed by atoms with Crippen LogP contribution >= 0.6 is 23.2 Å². The highest BCUT2D eigenvalue weighted by Crippen LogP contribution is 2.50. The number of nitriles is 1. The lowest BCUT2D eigenvalue weighted by molar-refractivity contribution is -0.142. The number of rotatable bonds is 2. The minimum absolute atomic E-state index is 0.0847. The molecule has 2 aromatic carbocycles. The molecule has 0 spiro atoms. The van der Waals surface area contributed by atoms with E-state index in [0.29, 0.717) is 10.7 Å². The maximum atomic E-state index is 14.0. The summed E-state index contributed by atoms with van der Waals surface area (Å²) in [5.74, 6) is -1.80. The Morgan fingerprint density at radius 2 is 1.83 bits per heavy atom. The van der Waals surface area contributed by atoms with Gasteiger partial charge in [0.25, 0.3) is 0 Å². The third-order valence-corrected chi connectivity index (χ3v) is 5.15.